The highest BCUT2D eigenvalue weighted by molar-refractivity contribution is 4.93. The van der Waals surface area contributed by atoms with Crippen molar-refractivity contribution in [3.8, 4) is 0 Å². The Hall–Kier alpha value is -0.180. The molecular formula is C17H30F2O. The number of hydrogen-bond donors (Lipinski definition) is 0. The van der Waals surface area contributed by atoms with Crippen LogP contribution >= 0.6 is 0 Å². The highest BCUT2D eigenvalue weighted by Gasteiger charge is 2.44. The van der Waals surface area contributed by atoms with Gasteiger partial charge in [-0.05, 0) is 43.4 Å². The molecule has 0 N–H and O–H groups in total. The Kier molecular flexibility index (Phi) is 6.25. The average molecular weight is 288 g/mol. The molecule has 3 heteroatoms. The lowest BCUT2D eigenvalue weighted by molar-refractivity contribution is -0.0720. The molecule has 0 amide bonds. The van der Waals surface area contributed by atoms with Gasteiger partial charge < -0.3 is 4.74 Å². The van der Waals surface area contributed by atoms with Gasteiger partial charge in [-0.1, -0.05) is 39.0 Å². The van der Waals surface area contributed by atoms with E-state index in [0.717, 1.165) is 25.2 Å². The Morgan fingerprint density at radius 2 is 1.65 bits per heavy atom. The smallest absolute Gasteiger partial charge is 0.157 e. The van der Waals surface area contributed by atoms with Gasteiger partial charge in [0.05, 0.1) is 6.10 Å². The first-order valence-electron chi connectivity index (χ1n) is 8.48. The van der Waals surface area contributed by atoms with Gasteiger partial charge in [0.2, 0.25) is 0 Å². The number of halogens is 2. The van der Waals surface area contributed by atoms with Crippen LogP contribution in [0.2, 0.25) is 0 Å². The first-order chi connectivity index (χ1) is 9.67. The average Bonchev–Trinajstić information content (AvgIpc) is 2.48. The standard InChI is InChI=1S/C17H30F2O/c1-3-4-5-12-6-8-13(9-7-12)14-10-11-15(20-2)17(19)16(14)18/h12-17H,3-11H2,1-2H3. The largest absolute Gasteiger partial charge is 0.378 e. The van der Waals surface area contributed by atoms with Crippen molar-refractivity contribution in [3.63, 3.8) is 0 Å². The van der Waals surface area contributed by atoms with Crippen molar-refractivity contribution in [2.45, 2.75) is 83.2 Å². The predicted molar refractivity (Wildman–Crippen MR) is 78.3 cm³/mol. The van der Waals surface area contributed by atoms with Gasteiger partial charge in [0.1, 0.15) is 6.17 Å². The molecule has 0 saturated heterocycles. The van der Waals surface area contributed by atoms with E-state index in [0.29, 0.717) is 12.3 Å². The third-order valence-corrected chi connectivity index (χ3v) is 5.62. The monoisotopic (exact) mass is 288 g/mol. The van der Waals surface area contributed by atoms with Crippen LogP contribution in [0.5, 0.6) is 0 Å². The summed E-state index contributed by atoms with van der Waals surface area (Å²) in [6.45, 7) is 2.23. The quantitative estimate of drug-likeness (QED) is 0.685. The first kappa shape index (κ1) is 16.2. The van der Waals surface area contributed by atoms with Crippen molar-refractivity contribution in [2.75, 3.05) is 7.11 Å². The van der Waals surface area contributed by atoms with Crippen molar-refractivity contribution in [3.05, 3.63) is 0 Å². The molecular weight excluding hydrogens is 258 g/mol. The van der Waals surface area contributed by atoms with Gasteiger partial charge in [-0.3, -0.25) is 0 Å². The summed E-state index contributed by atoms with van der Waals surface area (Å²) < 4.78 is 33.4. The molecule has 1 nitrogen and oxygen atoms in total. The van der Waals surface area contributed by atoms with Crippen LogP contribution in [0.1, 0.15) is 64.7 Å². The molecule has 0 spiro atoms. The van der Waals surface area contributed by atoms with E-state index in [1.165, 1.54) is 39.2 Å². The summed E-state index contributed by atoms with van der Waals surface area (Å²) in [5.74, 6) is 1.17. The van der Waals surface area contributed by atoms with Crippen molar-refractivity contribution < 1.29 is 13.5 Å². The van der Waals surface area contributed by atoms with Crippen LogP contribution in [0.25, 0.3) is 0 Å². The summed E-state index contributed by atoms with van der Waals surface area (Å²) in [4.78, 5) is 0. The minimum atomic E-state index is -1.42. The van der Waals surface area contributed by atoms with Gasteiger partial charge in [-0.15, -0.1) is 0 Å². The van der Waals surface area contributed by atoms with Crippen molar-refractivity contribution in [1.82, 2.24) is 0 Å². The lowest BCUT2D eigenvalue weighted by Gasteiger charge is -2.41. The van der Waals surface area contributed by atoms with Crippen LogP contribution < -0.4 is 0 Å². The Bertz CT molecular complexity index is 276. The van der Waals surface area contributed by atoms with Crippen LogP contribution in [0.15, 0.2) is 0 Å². The number of ether oxygens (including phenoxy) is 1. The Labute approximate surface area is 122 Å². The summed E-state index contributed by atoms with van der Waals surface area (Å²) in [7, 11) is 1.49. The molecule has 2 aliphatic carbocycles. The van der Waals surface area contributed by atoms with E-state index < -0.39 is 18.4 Å². The van der Waals surface area contributed by atoms with Crippen LogP contribution in [-0.4, -0.2) is 25.6 Å². The number of rotatable bonds is 5. The first-order valence-corrected chi connectivity index (χ1v) is 8.48. The Morgan fingerprint density at radius 1 is 0.950 bits per heavy atom. The van der Waals surface area contributed by atoms with Crippen molar-refractivity contribution in [1.29, 1.82) is 0 Å². The Morgan fingerprint density at radius 3 is 2.25 bits per heavy atom. The maximum Gasteiger partial charge on any atom is 0.157 e. The maximum atomic E-state index is 14.3. The molecule has 20 heavy (non-hydrogen) atoms. The summed E-state index contributed by atoms with van der Waals surface area (Å²) in [6.07, 6.45) is 6.76. The van der Waals surface area contributed by atoms with Gasteiger partial charge in [-0.2, -0.15) is 0 Å². The highest BCUT2D eigenvalue weighted by atomic mass is 19.2. The summed E-state index contributed by atoms with van der Waals surface area (Å²) >= 11 is 0. The van der Waals surface area contributed by atoms with E-state index in [9.17, 15) is 8.78 Å². The molecule has 0 aromatic heterocycles. The highest BCUT2D eigenvalue weighted by Crippen LogP contribution is 2.43. The summed E-state index contributed by atoms with van der Waals surface area (Å²) in [5.41, 5.74) is 0. The fourth-order valence-electron chi connectivity index (χ4n) is 4.26. The predicted octanol–water partition coefficient (Wildman–Crippen LogP) is 5.08. The number of unbranched alkanes of at least 4 members (excludes halogenated alkanes) is 1. The van der Waals surface area contributed by atoms with Crippen molar-refractivity contribution in [2.24, 2.45) is 17.8 Å². The van der Waals surface area contributed by atoms with E-state index in [-0.39, 0.29) is 5.92 Å². The second-order valence-electron chi connectivity index (χ2n) is 6.83. The van der Waals surface area contributed by atoms with Crippen molar-refractivity contribution >= 4 is 0 Å². The van der Waals surface area contributed by atoms with E-state index in [1.807, 2.05) is 0 Å². The zero-order valence-corrected chi connectivity index (χ0v) is 13.0. The summed E-state index contributed by atoms with van der Waals surface area (Å²) in [5, 5.41) is 0. The molecule has 2 aliphatic rings. The van der Waals surface area contributed by atoms with E-state index in [4.69, 9.17) is 4.74 Å². The molecule has 0 aromatic carbocycles. The van der Waals surface area contributed by atoms with Crippen LogP contribution in [0.3, 0.4) is 0 Å². The lowest BCUT2D eigenvalue weighted by atomic mass is 9.69. The van der Waals surface area contributed by atoms with Crippen LogP contribution in [0.4, 0.5) is 8.78 Å². The third kappa shape index (κ3) is 3.72. The number of methoxy groups -OCH3 is 1. The fourth-order valence-corrected chi connectivity index (χ4v) is 4.26. The van der Waals surface area contributed by atoms with E-state index in [2.05, 4.69) is 6.92 Å². The third-order valence-electron chi connectivity index (χ3n) is 5.62. The molecule has 4 atom stereocenters. The molecule has 0 bridgehead atoms. The van der Waals surface area contributed by atoms with Crippen LogP contribution in [0, 0.1) is 17.8 Å². The molecule has 0 aromatic rings. The number of hydrogen-bond acceptors (Lipinski definition) is 1. The summed E-state index contributed by atoms with van der Waals surface area (Å²) in [6, 6.07) is 0. The van der Waals surface area contributed by atoms with Crippen LogP contribution in [-0.2, 0) is 4.74 Å². The Balaban J connectivity index is 1.81. The van der Waals surface area contributed by atoms with E-state index >= 15 is 0 Å². The molecule has 0 radical (unpaired) electrons. The fraction of sp³-hybridized carbons (Fsp3) is 1.00. The topological polar surface area (TPSA) is 9.23 Å². The molecule has 2 fully saturated rings. The molecule has 4 unspecified atom stereocenters. The van der Waals surface area contributed by atoms with Gasteiger partial charge in [-0.25, -0.2) is 8.78 Å². The second-order valence-corrected chi connectivity index (χ2v) is 6.83. The molecule has 2 saturated carbocycles. The van der Waals surface area contributed by atoms with Gasteiger partial charge in [0.25, 0.3) is 0 Å². The SMILES string of the molecule is CCCCC1CCC(C2CCC(OC)C(F)C2F)CC1. The van der Waals surface area contributed by atoms with Gasteiger partial charge in [0, 0.05) is 7.11 Å². The van der Waals surface area contributed by atoms with Gasteiger partial charge in [0.15, 0.2) is 6.17 Å². The molecule has 0 heterocycles. The normalized spacial score (nSPS) is 42.6. The van der Waals surface area contributed by atoms with E-state index in [1.54, 1.807) is 0 Å². The molecule has 0 aliphatic heterocycles. The second kappa shape index (κ2) is 7.72. The van der Waals surface area contributed by atoms with Gasteiger partial charge >= 0.3 is 0 Å². The molecule has 2 rings (SSSR count). The minimum absolute atomic E-state index is 0.0662. The zero-order chi connectivity index (χ0) is 14.5. The zero-order valence-electron chi connectivity index (χ0n) is 13.0. The minimum Gasteiger partial charge on any atom is -0.378 e. The maximum absolute atomic E-state index is 14.3. The molecule has 118 valence electrons. The lowest BCUT2D eigenvalue weighted by Crippen LogP contribution is -2.45. The number of alkyl halides is 2.